The fourth-order valence-electron chi connectivity index (χ4n) is 2.86. The third kappa shape index (κ3) is 4.32. The zero-order valence-electron chi connectivity index (χ0n) is 15.6. The van der Waals surface area contributed by atoms with E-state index in [2.05, 4.69) is 15.6 Å². The smallest absolute Gasteiger partial charge is 0.256 e. The van der Waals surface area contributed by atoms with E-state index in [1.165, 1.54) is 18.2 Å². The maximum atomic E-state index is 13.5. The van der Waals surface area contributed by atoms with Crippen molar-refractivity contribution in [3.8, 4) is 0 Å². The van der Waals surface area contributed by atoms with Crippen molar-refractivity contribution >= 4 is 28.4 Å². The second-order valence-corrected chi connectivity index (χ2v) is 6.22. The quantitative estimate of drug-likeness (QED) is 0.642. The van der Waals surface area contributed by atoms with E-state index in [-0.39, 0.29) is 5.91 Å². The maximum absolute atomic E-state index is 13.5. The molecule has 0 saturated carbocycles. The van der Waals surface area contributed by atoms with Crippen LogP contribution < -0.4 is 10.6 Å². The molecule has 0 saturated heterocycles. The summed E-state index contributed by atoms with van der Waals surface area (Å²) in [6.45, 7) is 2.48. The summed E-state index contributed by atoms with van der Waals surface area (Å²) in [4.78, 5) is 29.6. The highest BCUT2D eigenvalue weighted by Crippen LogP contribution is 2.22. The fraction of sp³-hybridized carbons (Fsp3) is 0.190. The average Bonchev–Trinajstić information content (AvgIpc) is 2.67. The van der Waals surface area contributed by atoms with E-state index in [9.17, 15) is 14.0 Å². The molecule has 0 bridgehead atoms. The van der Waals surface area contributed by atoms with Gasteiger partial charge in [0.25, 0.3) is 11.8 Å². The normalized spacial score (nSPS) is 10.7. The van der Waals surface area contributed by atoms with Gasteiger partial charge in [-0.25, -0.2) is 4.39 Å². The molecule has 3 rings (SSSR count). The molecule has 0 aliphatic heterocycles. The van der Waals surface area contributed by atoms with Gasteiger partial charge in [0.15, 0.2) is 0 Å². The predicted octanol–water partition coefficient (Wildman–Crippen LogP) is 3.31. The topological polar surface area (TPSA) is 80.3 Å². The fourth-order valence-corrected chi connectivity index (χ4v) is 2.86. The number of hydrogen-bond donors (Lipinski definition) is 2. The van der Waals surface area contributed by atoms with Gasteiger partial charge in [0.1, 0.15) is 5.82 Å². The molecule has 1 aromatic heterocycles. The molecule has 2 N–H and O–H groups in total. The van der Waals surface area contributed by atoms with Crippen LogP contribution in [0.15, 0.2) is 48.5 Å². The van der Waals surface area contributed by atoms with Crippen LogP contribution >= 0.6 is 0 Å². The number of para-hydroxylation sites is 1. The Hall–Kier alpha value is -3.32. The number of nitrogens with zero attached hydrogens (tertiary/aromatic N) is 1. The molecule has 0 fully saturated rings. The minimum Gasteiger partial charge on any atom is -0.383 e. The van der Waals surface area contributed by atoms with Gasteiger partial charge in [-0.15, -0.1) is 0 Å². The highest BCUT2D eigenvalue weighted by Gasteiger charge is 2.16. The number of rotatable bonds is 6. The standard InChI is InChI=1S/C21H20FN3O3/c1-13-11-17(15-8-7-14(22)12-19(15)24-13)21(27)25-18-6-4-3-5-16(18)20(26)23-9-10-28-2/h3-8,11-12H,9-10H2,1-2H3,(H,23,26)(H,25,27). The Kier molecular flexibility index (Phi) is 5.96. The predicted molar refractivity (Wildman–Crippen MR) is 105 cm³/mol. The first kappa shape index (κ1) is 19.4. The van der Waals surface area contributed by atoms with Gasteiger partial charge in [-0.3, -0.25) is 14.6 Å². The molecule has 6 nitrogen and oxygen atoms in total. The lowest BCUT2D eigenvalue weighted by Crippen LogP contribution is -2.28. The first-order chi connectivity index (χ1) is 13.5. The Labute approximate surface area is 161 Å². The van der Waals surface area contributed by atoms with E-state index < -0.39 is 11.7 Å². The summed E-state index contributed by atoms with van der Waals surface area (Å²) in [5, 5.41) is 6.04. The molecule has 0 radical (unpaired) electrons. The average molecular weight is 381 g/mol. The number of hydrogen-bond acceptors (Lipinski definition) is 4. The van der Waals surface area contributed by atoms with Gasteiger partial charge in [0.2, 0.25) is 0 Å². The summed E-state index contributed by atoms with van der Waals surface area (Å²) in [6, 6.07) is 12.5. The molecule has 3 aromatic rings. The first-order valence-electron chi connectivity index (χ1n) is 8.74. The highest BCUT2D eigenvalue weighted by molar-refractivity contribution is 6.14. The molecule has 0 aliphatic carbocycles. The van der Waals surface area contributed by atoms with Crippen LogP contribution in [-0.4, -0.2) is 37.1 Å². The SMILES string of the molecule is COCCNC(=O)c1ccccc1NC(=O)c1cc(C)nc2cc(F)ccc12. The molecule has 2 amide bonds. The molecule has 28 heavy (non-hydrogen) atoms. The van der Waals surface area contributed by atoms with Gasteiger partial charge < -0.3 is 15.4 Å². The molecular weight excluding hydrogens is 361 g/mol. The van der Waals surface area contributed by atoms with Gasteiger partial charge in [-0.2, -0.15) is 0 Å². The van der Waals surface area contributed by atoms with Crippen molar-refractivity contribution in [2.75, 3.05) is 25.6 Å². The second-order valence-electron chi connectivity index (χ2n) is 6.22. The second kappa shape index (κ2) is 8.58. The van der Waals surface area contributed by atoms with Crippen LogP contribution in [0.2, 0.25) is 0 Å². The minimum absolute atomic E-state index is 0.314. The van der Waals surface area contributed by atoms with Crippen molar-refractivity contribution in [3.05, 3.63) is 71.2 Å². The number of carbonyl (C=O) groups is 2. The number of nitrogens with one attached hydrogen (secondary N) is 2. The number of pyridine rings is 1. The lowest BCUT2D eigenvalue weighted by atomic mass is 10.1. The van der Waals surface area contributed by atoms with Gasteiger partial charge >= 0.3 is 0 Å². The lowest BCUT2D eigenvalue weighted by Gasteiger charge is -2.13. The number of halogens is 1. The number of aryl methyl sites for hydroxylation is 1. The van der Waals surface area contributed by atoms with E-state index in [0.29, 0.717) is 46.6 Å². The van der Waals surface area contributed by atoms with Crippen LogP contribution in [0.3, 0.4) is 0 Å². The number of aromatic nitrogens is 1. The zero-order chi connectivity index (χ0) is 20.1. The van der Waals surface area contributed by atoms with Crippen LogP contribution in [-0.2, 0) is 4.74 Å². The van der Waals surface area contributed by atoms with Crippen LogP contribution in [0.1, 0.15) is 26.4 Å². The zero-order valence-corrected chi connectivity index (χ0v) is 15.6. The molecule has 144 valence electrons. The molecular formula is C21H20FN3O3. The highest BCUT2D eigenvalue weighted by atomic mass is 19.1. The largest absolute Gasteiger partial charge is 0.383 e. The third-order valence-corrected chi connectivity index (χ3v) is 4.16. The van der Waals surface area contributed by atoms with Gasteiger partial charge in [0.05, 0.1) is 28.9 Å². The van der Waals surface area contributed by atoms with Crippen molar-refractivity contribution < 1.29 is 18.7 Å². The summed E-state index contributed by atoms with van der Waals surface area (Å²) < 4.78 is 18.4. The molecule has 0 aliphatic rings. The van der Waals surface area contributed by atoms with Crippen molar-refractivity contribution in [2.24, 2.45) is 0 Å². The molecule has 0 spiro atoms. The number of methoxy groups -OCH3 is 1. The minimum atomic E-state index is -0.421. The Morgan fingerprint density at radius 3 is 2.64 bits per heavy atom. The van der Waals surface area contributed by atoms with E-state index in [4.69, 9.17) is 4.74 Å². The van der Waals surface area contributed by atoms with Gasteiger partial charge in [-0.05, 0) is 37.3 Å². The lowest BCUT2D eigenvalue weighted by molar-refractivity contribution is 0.0938. The van der Waals surface area contributed by atoms with Gasteiger partial charge in [0, 0.05) is 30.8 Å². The van der Waals surface area contributed by atoms with Crippen LogP contribution in [0, 0.1) is 12.7 Å². The van der Waals surface area contributed by atoms with Crippen molar-refractivity contribution in [1.82, 2.24) is 10.3 Å². The van der Waals surface area contributed by atoms with Crippen molar-refractivity contribution in [3.63, 3.8) is 0 Å². The van der Waals surface area contributed by atoms with E-state index in [1.807, 2.05) is 0 Å². The summed E-state index contributed by atoms with van der Waals surface area (Å²) in [6.07, 6.45) is 0. The van der Waals surface area contributed by atoms with Crippen molar-refractivity contribution in [2.45, 2.75) is 6.92 Å². The number of amides is 2. The Morgan fingerprint density at radius 2 is 1.86 bits per heavy atom. The summed E-state index contributed by atoms with van der Waals surface area (Å²) in [5.41, 5.74) is 2.07. The number of ether oxygens (including phenoxy) is 1. The Morgan fingerprint density at radius 1 is 1.07 bits per heavy atom. The summed E-state index contributed by atoms with van der Waals surface area (Å²) in [7, 11) is 1.55. The molecule has 0 atom stereocenters. The third-order valence-electron chi connectivity index (χ3n) is 4.16. The number of carbonyl (C=O) groups excluding carboxylic acids is 2. The van der Waals surface area contributed by atoms with Crippen LogP contribution in [0.4, 0.5) is 10.1 Å². The van der Waals surface area contributed by atoms with E-state index >= 15 is 0 Å². The summed E-state index contributed by atoms with van der Waals surface area (Å²) >= 11 is 0. The molecule has 7 heteroatoms. The van der Waals surface area contributed by atoms with Gasteiger partial charge in [-0.1, -0.05) is 12.1 Å². The number of anilines is 1. The van der Waals surface area contributed by atoms with E-state index in [0.717, 1.165) is 0 Å². The number of benzene rings is 2. The number of fused-ring (bicyclic) bond motifs is 1. The van der Waals surface area contributed by atoms with Crippen LogP contribution in [0.5, 0.6) is 0 Å². The molecule has 1 heterocycles. The molecule has 0 unspecified atom stereocenters. The van der Waals surface area contributed by atoms with Crippen molar-refractivity contribution in [1.29, 1.82) is 0 Å². The molecule has 2 aromatic carbocycles. The summed E-state index contributed by atoms with van der Waals surface area (Å²) in [5.74, 6) is -1.14. The Bertz CT molecular complexity index is 1030. The monoisotopic (exact) mass is 381 g/mol. The first-order valence-corrected chi connectivity index (χ1v) is 8.74. The van der Waals surface area contributed by atoms with Crippen LogP contribution in [0.25, 0.3) is 10.9 Å². The Balaban J connectivity index is 1.90. The maximum Gasteiger partial charge on any atom is 0.256 e. The van der Waals surface area contributed by atoms with E-state index in [1.54, 1.807) is 44.4 Å².